The molecule has 0 saturated carbocycles. The van der Waals surface area contributed by atoms with Crippen molar-refractivity contribution in [3.8, 4) is 0 Å². The number of hydrogen-bond acceptors (Lipinski definition) is 5. The van der Waals surface area contributed by atoms with Crippen LogP contribution in [0.1, 0.15) is 30.9 Å². The molecule has 1 unspecified atom stereocenters. The van der Waals surface area contributed by atoms with Crippen LogP contribution in [0.15, 0.2) is 54.6 Å². The Hall–Kier alpha value is -3.38. The summed E-state index contributed by atoms with van der Waals surface area (Å²) in [6.45, 7) is 1.57. The lowest BCUT2D eigenvalue weighted by atomic mass is 9.87. The predicted octanol–water partition coefficient (Wildman–Crippen LogP) is 0.916. The monoisotopic (exact) mass is 560 g/mol. The Morgan fingerprint density at radius 3 is 2.38 bits per heavy atom. The van der Waals surface area contributed by atoms with Crippen LogP contribution in [0.25, 0.3) is 0 Å². The molecule has 2 aromatic carbocycles. The Labute approximate surface area is 233 Å². The van der Waals surface area contributed by atoms with Crippen LogP contribution in [-0.4, -0.2) is 91.0 Å². The molecule has 40 heavy (non-hydrogen) atoms. The van der Waals surface area contributed by atoms with E-state index >= 15 is 0 Å². The molecular formula is C28H36BF3N4O4. The highest BCUT2D eigenvalue weighted by molar-refractivity contribution is 6.45. The topological polar surface area (TPSA) is 102 Å². The summed E-state index contributed by atoms with van der Waals surface area (Å²) in [6.07, 6.45) is -3.62. The second kappa shape index (κ2) is 14.3. The number of likely N-dealkylation sites (N-methyl/N-ethyl adjacent to an activating group) is 1. The third-order valence-electron chi connectivity index (χ3n) is 7.22. The number of amides is 3. The largest absolute Gasteiger partial charge is 0.471 e. The summed E-state index contributed by atoms with van der Waals surface area (Å²) in [5, 5.41) is 14.9. The van der Waals surface area contributed by atoms with Crippen LogP contribution in [0.2, 0.25) is 0 Å². The smallest absolute Gasteiger partial charge is 0.449 e. The van der Waals surface area contributed by atoms with Gasteiger partial charge >= 0.3 is 19.6 Å². The Morgan fingerprint density at radius 2 is 1.77 bits per heavy atom. The van der Waals surface area contributed by atoms with Crippen molar-refractivity contribution in [1.29, 1.82) is 0 Å². The van der Waals surface area contributed by atoms with Crippen molar-refractivity contribution < 1.29 is 32.6 Å². The van der Waals surface area contributed by atoms with Gasteiger partial charge in [-0.05, 0) is 44.4 Å². The Bertz CT molecular complexity index is 1130. The van der Waals surface area contributed by atoms with Crippen LogP contribution in [0.3, 0.4) is 0 Å². The van der Waals surface area contributed by atoms with E-state index in [2.05, 4.69) is 10.6 Å². The van der Waals surface area contributed by atoms with Crippen molar-refractivity contribution in [3.05, 3.63) is 65.7 Å². The Kier molecular flexibility index (Phi) is 11.1. The number of nitrogens with zero attached hydrogens (tertiary/aromatic N) is 2. The van der Waals surface area contributed by atoms with Gasteiger partial charge in [0.1, 0.15) is 6.04 Å². The van der Waals surface area contributed by atoms with Crippen LogP contribution in [-0.2, 0) is 27.2 Å². The molecule has 1 fully saturated rings. The molecule has 3 rings (SSSR count). The van der Waals surface area contributed by atoms with Crippen molar-refractivity contribution in [2.75, 3.05) is 26.7 Å². The maximum absolute atomic E-state index is 13.8. The van der Waals surface area contributed by atoms with Gasteiger partial charge in [-0.1, -0.05) is 60.1 Å². The lowest BCUT2D eigenvalue weighted by molar-refractivity contribution is -0.186. The molecule has 3 N–H and O–H groups in total. The van der Waals surface area contributed by atoms with Crippen LogP contribution in [0.5, 0.6) is 0 Å². The first kappa shape index (κ1) is 31.2. The zero-order valence-corrected chi connectivity index (χ0v) is 22.8. The van der Waals surface area contributed by atoms with E-state index < -0.39 is 36.1 Å². The Morgan fingerprint density at radius 1 is 1.10 bits per heavy atom. The standard InChI is InChI=1S/C28H36BF3N4O4/c1-19(33-2)25(37)34-24(17-21-10-12-22(29-40)13-11-21)26(38)36-15-6-9-23(36)18-35(27(39)28(30,31)32)16-14-20-7-4-3-5-8-20/h3-5,7-8,10-13,19,23-24,29,33,40H,6,9,14-18H2,1-2H3,(H,34,37)/t19-,23-,24?/m0/s1. The normalized spacial score (nSPS) is 16.8. The quantitative estimate of drug-likeness (QED) is 0.336. The minimum absolute atomic E-state index is 0.133. The van der Waals surface area contributed by atoms with Crippen molar-refractivity contribution >= 4 is 30.7 Å². The van der Waals surface area contributed by atoms with E-state index in [1.165, 1.54) is 4.90 Å². The molecule has 3 atom stereocenters. The van der Waals surface area contributed by atoms with E-state index in [1.807, 2.05) is 0 Å². The van der Waals surface area contributed by atoms with E-state index in [0.29, 0.717) is 24.8 Å². The fraction of sp³-hybridized carbons (Fsp3) is 0.464. The number of carbonyl (C=O) groups is 3. The average Bonchev–Trinajstić information content (AvgIpc) is 3.42. The van der Waals surface area contributed by atoms with Gasteiger partial charge in [-0.2, -0.15) is 13.2 Å². The summed E-state index contributed by atoms with van der Waals surface area (Å²) in [5.41, 5.74) is 2.25. The molecule has 216 valence electrons. The first-order chi connectivity index (χ1) is 19.0. The van der Waals surface area contributed by atoms with E-state index in [1.54, 1.807) is 68.6 Å². The lowest BCUT2D eigenvalue weighted by Gasteiger charge is -2.34. The third kappa shape index (κ3) is 8.56. The number of likely N-dealkylation sites (tertiary alicyclic amines) is 1. The summed E-state index contributed by atoms with van der Waals surface area (Å²) < 4.78 is 40.5. The second-order valence-electron chi connectivity index (χ2n) is 10.1. The van der Waals surface area contributed by atoms with Gasteiger partial charge in [-0.25, -0.2) is 0 Å². The highest BCUT2D eigenvalue weighted by atomic mass is 19.4. The maximum atomic E-state index is 13.8. The molecule has 0 aromatic heterocycles. The molecule has 1 aliphatic heterocycles. The Balaban J connectivity index is 1.80. The van der Waals surface area contributed by atoms with Crippen LogP contribution < -0.4 is 16.1 Å². The number of rotatable bonds is 12. The van der Waals surface area contributed by atoms with Crippen LogP contribution in [0.4, 0.5) is 13.2 Å². The fourth-order valence-electron chi connectivity index (χ4n) is 4.78. The summed E-state index contributed by atoms with van der Waals surface area (Å²) in [4.78, 5) is 41.1. The summed E-state index contributed by atoms with van der Waals surface area (Å²) in [6, 6.07) is 13.8. The second-order valence-corrected chi connectivity index (χ2v) is 10.1. The highest BCUT2D eigenvalue weighted by Gasteiger charge is 2.44. The van der Waals surface area contributed by atoms with Gasteiger partial charge in [0, 0.05) is 32.1 Å². The van der Waals surface area contributed by atoms with E-state index in [4.69, 9.17) is 0 Å². The zero-order valence-electron chi connectivity index (χ0n) is 22.8. The van der Waals surface area contributed by atoms with Crippen LogP contribution >= 0.6 is 0 Å². The van der Waals surface area contributed by atoms with Gasteiger partial charge in [0.2, 0.25) is 11.8 Å². The van der Waals surface area contributed by atoms with Gasteiger partial charge in [0.25, 0.3) is 0 Å². The molecule has 0 bridgehead atoms. The van der Waals surface area contributed by atoms with Crippen molar-refractivity contribution in [2.45, 2.75) is 56.9 Å². The molecule has 12 heteroatoms. The third-order valence-corrected chi connectivity index (χ3v) is 7.22. The molecule has 0 radical (unpaired) electrons. The van der Waals surface area contributed by atoms with Gasteiger partial charge in [-0.15, -0.1) is 0 Å². The first-order valence-corrected chi connectivity index (χ1v) is 13.4. The number of hydrogen-bond donors (Lipinski definition) is 3. The summed E-state index contributed by atoms with van der Waals surface area (Å²) in [7, 11) is 1.48. The molecule has 0 aliphatic carbocycles. The zero-order chi connectivity index (χ0) is 29.3. The predicted molar refractivity (Wildman–Crippen MR) is 147 cm³/mol. The molecule has 1 heterocycles. The van der Waals surface area contributed by atoms with Crippen molar-refractivity contribution in [2.24, 2.45) is 0 Å². The molecule has 1 saturated heterocycles. The number of nitrogens with one attached hydrogen (secondary N) is 2. The van der Waals surface area contributed by atoms with E-state index in [9.17, 15) is 32.6 Å². The molecule has 1 aliphatic rings. The molecular weight excluding hydrogens is 524 g/mol. The van der Waals surface area contributed by atoms with Crippen molar-refractivity contribution in [3.63, 3.8) is 0 Å². The lowest BCUT2D eigenvalue weighted by Crippen LogP contribution is -2.56. The molecule has 2 aromatic rings. The number of benzene rings is 2. The fourth-order valence-corrected chi connectivity index (χ4v) is 4.78. The maximum Gasteiger partial charge on any atom is 0.471 e. The van der Waals surface area contributed by atoms with Crippen LogP contribution in [0, 0.1) is 0 Å². The summed E-state index contributed by atoms with van der Waals surface area (Å²) >= 11 is 0. The molecule has 3 amide bonds. The minimum Gasteiger partial charge on any atom is -0.449 e. The molecule has 0 spiro atoms. The SMILES string of the molecule is CN[C@@H](C)C(=O)NC(Cc1ccc(BO)cc1)C(=O)N1CCC[C@H]1CN(CCc1ccccc1)C(=O)C(F)(F)F. The van der Waals surface area contributed by atoms with Crippen molar-refractivity contribution in [1.82, 2.24) is 20.4 Å². The number of carbonyl (C=O) groups excluding carboxylic acids is 3. The number of alkyl halides is 3. The van der Waals surface area contributed by atoms with Gasteiger partial charge in [-0.3, -0.25) is 14.4 Å². The van der Waals surface area contributed by atoms with Gasteiger partial charge < -0.3 is 25.5 Å². The van der Waals surface area contributed by atoms with E-state index in [0.717, 1.165) is 16.0 Å². The highest BCUT2D eigenvalue weighted by Crippen LogP contribution is 2.24. The summed E-state index contributed by atoms with van der Waals surface area (Å²) in [5.74, 6) is -2.73. The van der Waals surface area contributed by atoms with Gasteiger partial charge in [0.15, 0.2) is 0 Å². The number of halogens is 3. The van der Waals surface area contributed by atoms with Gasteiger partial charge in [0.05, 0.1) is 6.04 Å². The molecule has 8 nitrogen and oxygen atoms in total. The first-order valence-electron chi connectivity index (χ1n) is 13.4. The average molecular weight is 560 g/mol. The minimum atomic E-state index is -5.04. The van der Waals surface area contributed by atoms with E-state index in [-0.39, 0.29) is 39.3 Å².